The Morgan fingerprint density at radius 2 is 1.90 bits per heavy atom. The maximum atomic E-state index is 12.0. The maximum Gasteiger partial charge on any atom is 0.335 e. The van der Waals surface area contributed by atoms with E-state index < -0.39 is 12.0 Å². The van der Waals surface area contributed by atoms with Crippen LogP contribution in [0.2, 0.25) is 5.02 Å². The van der Waals surface area contributed by atoms with Gasteiger partial charge in [-0.25, -0.2) is 9.59 Å². The van der Waals surface area contributed by atoms with Crippen molar-refractivity contribution in [3.63, 3.8) is 0 Å². The number of hydrogen-bond donors (Lipinski definition) is 2. The van der Waals surface area contributed by atoms with Crippen molar-refractivity contribution in [3.8, 4) is 0 Å². The zero-order valence-corrected chi connectivity index (χ0v) is 11.6. The second kappa shape index (κ2) is 7.35. The highest BCUT2D eigenvalue weighted by Crippen LogP contribution is 2.23. The number of halogens is 1. The molecule has 0 atom stereocenters. The molecule has 0 aliphatic carbocycles. The van der Waals surface area contributed by atoms with E-state index in [2.05, 4.69) is 18.5 Å². The second-order valence-electron chi connectivity index (χ2n) is 3.91. The molecule has 6 heteroatoms. The number of amides is 2. The Hall–Kier alpha value is -2.27. The number of carboxylic acid groups (broad SMARTS) is 1. The number of carbonyl (C=O) groups is 2. The van der Waals surface area contributed by atoms with E-state index in [1.807, 2.05) is 0 Å². The molecule has 5 nitrogen and oxygen atoms in total. The molecule has 1 aromatic carbocycles. The minimum Gasteiger partial charge on any atom is -0.478 e. The van der Waals surface area contributed by atoms with Crippen molar-refractivity contribution in [2.24, 2.45) is 0 Å². The van der Waals surface area contributed by atoms with Crippen molar-refractivity contribution in [1.82, 2.24) is 4.90 Å². The molecule has 0 aliphatic rings. The first-order chi connectivity index (χ1) is 9.49. The van der Waals surface area contributed by atoms with Crippen molar-refractivity contribution in [1.29, 1.82) is 0 Å². The normalized spacial score (nSPS) is 9.65. The molecule has 0 bridgehead atoms. The predicted octanol–water partition coefficient (Wildman–Crippen LogP) is 3.24. The first kappa shape index (κ1) is 15.8. The van der Waals surface area contributed by atoms with Gasteiger partial charge in [0.1, 0.15) is 0 Å². The first-order valence-electron chi connectivity index (χ1n) is 5.80. The molecule has 0 unspecified atom stereocenters. The van der Waals surface area contributed by atoms with Crippen LogP contribution in [0.1, 0.15) is 10.4 Å². The molecule has 106 valence electrons. The van der Waals surface area contributed by atoms with E-state index in [1.165, 1.54) is 23.1 Å². The van der Waals surface area contributed by atoms with Gasteiger partial charge in [-0.3, -0.25) is 0 Å². The fraction of sp³-hybridized carbons (Fsp3) is 0.143. The van der Waals surface area contributed by atoms with Gasteiger partial charge in [0.05, 0.1) is 16.3 Å². The van der Waals surface area contributed by atoms with E-state index in [9.17, 15) is 9.59 Å². The Bertz CT molecular complexity index is 533. The van der Waals surface area contributed by atoms with Crippen molar-refractivity contribution in [3.05, 3.63) is 54.1 Å². The Morgan fingerprint density at radius 1 is 1.30 bits per heavy atom. The number of hydrogen-bond acceptors (Lipinski definition) is 2. The standard InChI is InChI=1S/C14H15ClN2O3/c1-3-7-17(8-4-2)14(20)16-12-9-10(13(18)19)5-6-11(12)15/h3-6,9H,1-2,7-8H2,(H,16,20)(H,18,19). The van der Waals surface area contributed by atoms with Gasteiger partial charge in [0.15, 0.2) is 0 Å². The fourth-order valence-corrected chi connectivity index (χ4v) is 1.67. The summed E-state index contributed by atoms with van der Waals surface area (Å²) in [6, 6.07) is 3.69. The van der Waals surface area contributed by atoms with Crippen LogP contribution in [0, 0.1) is 0 Å². The van der Waals surface area contributed by atoms with Gasteiger partial charge >= 0.3 is 12.0 Å². The van der Waals surface area contributed by atoms with E-state index in [4.69, 9.17) is 16.7 Å². The zero-order chi connectivity index (χ0) is 15.1. The second-order valence-corrected chi connectivity index (χ2v) is 4.32. The van der Waals surface area contributed by atoms with Gasteiger partial charge in [-0.15, -0.1) is 13.2 Å². The highest BCUT2D eigenvalue weighted by atomic mass is 35.5. The van der Waals surface area contributed by atoms with E-state index in [0.717, 1.165) is 0 Å². The topological polar surface area (TPSA) is 69.6 Å². The number of anilines is 1. The molecular weight excluding hydrogens is 280 g/mol. The fourth-order valence-electron chi connectivity index (χ4n) is 1.50. The van der Waals surface area contributed by atoms with Gasteiger partial charge in [-0.05, 0) is 18.2 Å². The van der Waals surface area contributed by atoms with Crippen LogP contribution in [0.5, 0.6) is 0 Å². The maximum absolute atomic E-state index is 12.0. The first-order valence-corrected chi connectivity index (χ1v) is 6.18. The molecule has 0 saturated carbocycles. The van der Waals surface area contributed by atoms with E-state index in [0.29, 0.717) is 13.1 Å². The SMILES string of the molecule is C=CCN(CC=C)C(=O)Nc1cc(C(=O)O)ccc1Cl. The Labute approximate surface area is 122 Å². The van der Waals surface area contributed by atoms with Crippen molar-refractivity contribution in [2.75, 3.05) is 18.4 Å². The van der Waals surface area contributed by atoms with Crippen LogP contribution in [0.15, 0.2) is 43.5 Å². The minimum absolute atomic E-state index is 0.0451. The Balaban J connectivity index is 2.93. The highest BCUT2D eigenvalue weighted by Gasteiger charge is 2.14. The van der Waals surface area contributed by atoms with Gasteiger partial charge in [0, 0.05) is 13.1 Å². The van der Waals surface area contributed by atoms with Gasteiger partial charge in [0.25, 0.3) is 0 Å². The molecule has 1 aromatic rings. The Morgan fingerprint density at radius 3 is 2.40 bits per heavy atom. The molecular formula is C14H15ClN2O3. The number of aromatic carboxylic acids is 1. The summed E-state index contributed by atoms with van der Waals surface area (Å²) in [4.78, 5) is 24.4. The summed E-state index contributed by atoms with van der Waals surface area (Å²) in [7, 11) is 0. The lowest BCUT2D eigenvalue weighted by Gasteiger charge is -2.20. The smallest absolute Gasteiger partial charge is 0.335 e. The van der Waals surface area contributed by atoms with E-state index in [1.54, 1.807) is 12.2 Å². The van der Waals surface area contributed by atoms with Gasteiger partial charge in [-0.2, -0.15) is 0 Å². The minimum atomic E-state index is -1.09. The predicted molar refractivity (Wildman–Crippen MR) is 79.4 cm³/mol. The molecule has 0 heterocycles. The van der Waals surface area contributed by atoms with Crippen LogP contribution in [-0.4, -0.2) is 35.1 Å². The summed E-state index contributed by atoms with van der Waals surface area (Å²) in [5.41, 5.74) is 0.290. The lowest BCUT2D eigenvalue weighted by Crippen LogP contribution is -2.35. The quantitative estimate of drug-likeness (QED) is 0.791. The summed E-state index contributed by atoms with van der Waals surface area (Å²) in [5.74, 6) is -1.09. The molecule has 0 radical (unpaired) electrons. The average Bonchev–Trinajstić information content (AvgIpc) is 2.40. The number of carboxylic acids is 1. The average molecular weight is 295 g/mol. The van der Waals surface area contributed by atoms with Crippen molar-refractivity contribution in [2.45, 2.75) is 0 Å². The van der Waals surface area contributed by atoms with Crippen molar-refractivity contribution < 1.29 is 14.7 Å². The van der Waals surface area contributed by atoms with Crippen LogP contribution in [0.3, 0.4) is 0 Å². The van der Waals surface area contributed by atoms with Crippen LogP contribution in [0.4, 0.5) is 10.5 Å². The summed E-state index contributed by atoms with van der Waals surface area (Å²) in [6.45, 7) is 7.82. The van der Waals surface area contributed by atoms with Crippen LogP contribution < -0.4 is 5.32 Å². The number of carbonyl (C=O) groups excluding carboxylic acids is 1. The summed E-state index contributed by atoms with van der Waals surface area (Å²) in [6.07, 6.45) is 3.16. The summed E-state index contributed by atoms with van der Waals surface area (Å²) >= 11 is 5.94. The molecule has 0 saturated heterocycles. The van der Waals surface area contributed by atoms with Gasteiger partial charge in [0.2, 0.25) is 0 Å². The molecule has 2 N–H and O–H groups in total. The molecule has 20 heavy (non-hydrogen) atoms. The zero-order valence-electron chi connectivity index (χ0n) is 10.8. The largest absolute Gasteiger partial charge is 0.478 e. The van der Waals surface area contributed by atoms with Crippen LogP contribution >= 0.6 is 11.6 Å². The lowest BCUT2D eigenvalue weighted by atomic mass is 10.2. The van der Waals surface area contributed by atoms with Crippen LogP contribution in [0.25, 0.3) is 0 Å². The van der Waals surface area contributed by atoms with Gasteiger partial charge < -0.3 is 15.3 Å². The number of rotatable bonds is 6. The third-order valence-electron chi connectivity index (χ3n) is 2.44. The molecule has 1 rings (SSSR count). The number of benzene rings is 1. The number of nitrogens with zero attached hydrogens (tertiary/aromatic N) is 1. The van der Waals surface area contributed by atoms with E-state index in [-0.39, 0.29) is 16.3 Å². The summed E-state index contributed by atoms with van der Waals surface area (Å²) in [5, 5.41) is 11.8. The highest BCUT2D eigenvalue weighted by molar-refractivity contribution is 6.33. The Kier molecular flexibility index (Phi) is 5.80. The monoisotopic (exact) mass is 294 g/mol. The third-order valence-corrected chi connectivity index (χ3v) is 2.77. The number of nitrogens with one attached hydrogen (secondary N) is 1. The molecule has 2 amide bonds. The van der Waals surface area contributed by atoms with Crippen molar-refractivity contribution >= 4 is 29.3 Å². The third kappa shape index (κ3) is 4.13. The number of urea groups is 1. The molecule has 0 aromatic heterocycles. The molecule has 0 spiro atoms. The molecule has 0 fully saturated rings. The van der Waals surface area contributed by atoms with E-state index >= 15 is 0 Å². The lowest BCUT2D eigenvalue weighted by molar-refractivity contribution is 0.0697. The van der Waals surface area contributed by atoms with Crippen LogP contribution in [-0.2, 0) is 0 Å². The van der Waals surface area contributed by atoms with Gasteiger partial charge in [-0.1, -0.05) is 23.8 Å². The molecule has 0 aliphatic heterocycles. The summed E-state index contributed by atoms with van der Waals surface area (Å²) < 4.78 is 0.